The van der Waals surface area contributed by atoms with Crippen LogP contribution in [0.1, 0.15) is 47.0 Å². The highest BCUT2D eigenvalue weighted by Crippen LogP contribution is 2.26. The summed E-state index contributed by atoms with van der Waals surface area (Å²) >= 11 is 2.11. The number of nitrogens with zero attached hydrogens (tertiary/aromatic N) is 1. The summed E-state index contributed by atoms with van der Waals surface area (Å²) in [5.74, 6) is 1.31. The quantitative estimate of drug-likeness (QED) is 0.720. The minimum absolute atomic E-state index is 0.682. The lowest BCUT2D eigenvalue weighted by molar-refractivity contribution is 0.288. The first-order chi connectivity index (χ1) is 8.15. The van der Waals surface area contributed by atoms with Gasteiger partial charge >= 0.3 is 0 Å². The van der Waals surface area contributed by atoms with Crippen molar-refractivity contribution in [3.05, 3.63) is 0 Å². The Kier molecular flexibility index (Phi) is 7.56. The van der Waals surface area contributed by atoms with Crippen LogP contribution in [0.15, 0.2) is 0 Å². The summed E-state index contributed by atoms with van der Waals surface area (Å²) in [5.41, 5.74) is 0. The van der Waals surface area contributed by atoms with Gasteiger partial charge < -0.3 is 10.2 Å². The van der Waals surface area contributed by atoms with Crippen molar-refractivity contribution < 1.29 is 0 Å². The van der Waals surface area contributed by atoms with Crippen molar-refractivity contribution in [2.75, 3.05) is 25.4 Å². The fraction of sp³-hybridized carbons (Fsp3) is 1.00. The molecule has 3 atom stereocenters. The van der Waals surface area contributed by atoms with Gasteiger partial charge in [-0.3, -0.25) is 0 Å². The third-order valence-corrected chi connectivity index (χ3v) is 5.08. The standard InChI is InChI=1S/C14H30N2S/c1-5-16(6-2)9-7-8-12(3)15-14-10-13(4)17-11-14/h12-15H,5-11H2,1-4H3. The van der Waals surface area contributed by atoms with Gasteiger partial charge in [0, 0.05) is 23.1 Å². The molecule has 0 aliphatic carbocycles. The molecule has 3 heteroatoms. The van der Waals surface area contributed by atoms with Crippen molar-refractivity contribution >= 4 is 11.8 Å². The molecule has 0 radical (unpaired) electrons. The molecule has 1 saturated heterocycles. The Balaban J connectivity index is 2.06. The number of hydrogen-bond donors (Lipinski definition) is 1. The topological polar surface area (TPSA) is 15.3 Å². The molecule has 0 amide bonds. The maximum Gasteiger partial charge on any atom is 0.0171 e. The SMILES string of the molecule is CCN(CC)CCCC(C)NC1CSC(C)C1. The third kappa shape index (κ3) is 6.12. The summed E-state index contributed by atoms with van der Waals surface area (Å²) in [7, 11) is 0. The fourth-order valence-corrected chi connectivity index (χ4v) is 3.74. The molecule has 17 heavy (non-hydrogen) atoms. The van der Waals surface area contributed by atoms with E-state index in [4.69, 9.17) is 0 Å². The summed E-state index contributed by atoms with van der Waals surface area (Å²) in [6, 6.07) is 1.44. The molecule has 0 aromatic carbocycles. The highest BCUT2D eigenvalue weighted by atomic mass is 32.2. The third-order valence-electron chi connectivity index (χ3n) is 3.72. The van der Waals surface area contributed by atoms with Crippen LogP contribution in [0.4, 0.5) is 0 Å². The molecule has 0 spiro atoms. The van der Waals surface area contributed by atoms with Crippen LogP contribution in [-0.2, 0) is 0 Å². The lowest BCUT2D eigenvalue weighted by Crippen LogP contribution is -2.37. The molecule has 1 aliphatic heterocycles. The highest BCUT2D eigenvalue weighted by molar-refractivity contribution is 8.00. The molecule has 2 nitrogen and oxygen atoms in total. The average Bonchev–Trinajstić information content (AvgIpc) is 2.70. The van der Waals surface area contributed by atoms with E-state index < -0.39 is 0 Å². The van der Waals surface area contributed by atoms with Crippen LogP contribution in [0.5, 0.6) is 0 Å². The zero-order valence-corrected chi connectivity index (χ0v) is 12.9. The predicted molar refractivity (Wildman–Crippen MR) is 79.9 cm³/mol. The molecule has 0 bridgehead atoms. The van der Waals surface area contributed by atoms with Gasteiger partial charge in [-0.05, 0) is 45.8 Å². The van der Waals surface area contributed by atoms with Crippen molar-refractivity contribution in [1.82, 2.24) is 10.2 Å². The zero-order chi connectivity index (χ0) is 12.7. The van der Waals surface area contributed by atoms with Gasteiger partial charge in [0.1, 0.15) is 0 Å². The molecular formula is C14H30N2S. The van der Waals surface area contributed by atoms with E-state index in [0.717, 1.165) is 11.3 Å². The molecule has 0 aromatic heterocycles. The molecule has 102 valence electrons. The van der Waals surface area contributed by atoms with Crippen molar-refractivity contribution in [2.45, 2.75) is 64.3 Å². The van der Waals surface area contributed by atoms with Crippen LogP contribution in [0.2, 0.25) is 0 Å². The maximum absolute atomic E-state index is 3.78. The van der Waals surface area contributed by atoms with Crippen molar-refractivity contribution in [1.29, 1.82) is 0 Å². The normalized spacial score (nSPS) is 26.6. The Morgan fingerprint density at radius 1 is 1.35 bits per heavy atom. The smallest absolute Gasteiger partial charge is 0.0171 e. The Hall–Kier alpha value is 0.270. The Labute approximate surface area is 112 Å². The average molecular weight is 258 g/mol. The van der Waals surface area contributed by atoms with E-state index in [9.17, 15) is 0 Å². The van der Waals surface area contributed by atoms with Gasteiger partial charge in [0.15, 0.2) is 0 Å². The van der Waals surface area contributed by atoms with Gasteiger partial charge in [0.25, 0.3) is 0 Å². The first-order valence-electron chi connectivity index (χ1n) is 7.25. The minimum atomic E-state index is 0.682. The summed E-state index contributed by atoms with van der Waals surface area (Å²) in [6.07, 6.45) is 3.99. The molecule has 0 aromatic rings. The number of nitrogens with one attached hydrogen (secondary N) is 1. The lowest BCUT2D eigenvalue weighted by Gasteiger charge is -2.21. The molecular weight excluding hydrogens is 228 g/mol. The number of hydrogen-bond acceptors (Lipinski definition) is 3. The van der Waals surface area contributed by atoms with Crippen LogP contribution < -0.4 is 5.32 Å². The molecule has 1 rings (SSSR count). The van der Waals surface area contributed by atoms with Crippen molar-refractivity contribution in [3.63, 3.8) is 0 Å². The van der Waals surface area contributed by atoms with Gasteiger partial charge in [0.05, 0.1) is 0 Å². The van der Waals surface area contributed by atoms with E-state index in [1.807, 2.05) is 0 Å². The first kappa shape index (κ1) is 15.3. The van der Waals surface area contributed by atoms with E-state index in [-0.39, 0.29) is 0 Å². The lowest BCUT2D eigenvalue weighted by atomic mass is 10.1. The monoisotopic (exact) mass is 258 g/mol. The van der Waals surface area contributed by atoms with Crippen LogP contribution >= 0.6 is 11.8 Å². The van der Waals surface area contributed by atoms with Crippen LogP contribution in [0, 0.1) is 0 Å². The van der Waals surface area contributed by atoms with Gasteiger partial charge in [-0.15, -0.1) is 0 Å². The molecule has 1 fully saturated rings. The van der Waals surface area contributed by atoms with Crippen LogP contribution in [0.3, 0.4) is 0 Å². The molecule has 3 unspecified atom stereocenters. The Morgan fingerprint density at radius 3 is 2.59 bits per heavy atom. The van der Waals surface area contributed by atoms with Gasteiger partial charge in [-0.25, -0.2) is 0 Å². The van der Waals surface area contributed by atoms with E-state index in [0.29, 0.717) is 6.04 Å². The molecule has 0 saturated carbocycles. The number of thioether (sulfide) groups is 1. The molecule has 1 N–H and O–H groups in total. The van der Waals surface area contributed by atoms with Crippen LogP contribution in [-0.4, -0.2) is 47.6 Å². The minimum Gasteiger partial charge on any atom is -0.311 e. The first-order valence-corrected chi connectivity index (χ1v) is 8.30. The molecule has 1 aliphatic rings. The summed E-state index contributed by atoms with van der Waals surface area (Å²) < 4.78 is 0. The second-order valence-corrected chi connectivity index (χ2v) is 6.78. The summed E-state index contributed by atoms with van der Waals surface area (Å²) in [4.78, 5) is 2.51. The number of rotatable bonds is 8. The van der Waals surface area contributed by atoms with Gasteiger partial charge in [-0.2, -0.15) is 11.8 Å². The van der Waals surface area contributed by atoms with E-state index >= 15 is 0 Å². The van der Waals surface area contributed by atoms with E-state index in [1.54, 1.807) is 0 Å². The molecule has 1 heterocycles. The van der Waals surface area contributed by atoms with Crippen LogP contribution in [0.25, 0.3) is 0 Å². The summed E-state index contributed by atoms with van der Waals surface area (Å²) in [5, 5.41) is 4.64. The second kappa shape index (κ2) is 8.39. The Morgan fingerprint density at radius 2 is 2.06 bits per heavy atom. The van der Waals surface area contributed by atoms with Crippen molar-refractivity contribution in [2.24, 2.45) is 0 Å². The largest absolute Gasteiger partial charge is 0.311 e. The highest BCUT2D eigenvalue weighted by Gasteiger charge is 2.22. The second-order valence-electron chi connectivity index (χ2n) is 5.31. The van der Waals surface area contributed by atoms with Gasteiger partial charge in [0.2, 0.25) is 0 Å². The van der Waals surface area contributed by atoms with E-state index in [1.165, 1.54) is 44.6 Å². The van der Waals surface area contributed by atoms with E-state index in [2.05, 4.69) is 49.7 Å². The zero-order valence-electron chi connectivity index (χ0n) is 12.0. The van der Waals surface area contributed by atoms with Crippen molar-refractivity contribution in [3.8, 4) is 0 Å². The predicted octanol–water partition coefficient (Wildman–Crippen LogP) is 2.98. The Bertz CT molecular complexity index is 195. The summed E-state index contributed by atoms with van der Waals surface area (Å²) in [6.45, 7) is 12.8. The van der Waals surface area contributed by atoms with Gasteiger partial charge in [-0.1, -0.05) is 20.8 Å². The fourth-order valence-electron chi connectivity index (χ4n) is 2.58. The maximum atomic E-state index is 3.78.